The number of nitrogens with zero attached hydrogens (tertiary/aromatic N) is 4. The number of hydrazone groups is 1. The average Bonchev–Trinajstić information content (AvgIpc) is 3.17. The molecule has 29 heavy (non-hydrogen) atoms. The zero-order valence-electron chi connectivity index (χ0n) is 14.4. The Morgan fingerprint density at radius 2 is 1.90 bits per heavy atom. The molecule has 1 heterocycles. The molecule has 0 spiro atoms. The number of hydrogen-bond acceptors (Lipinski definition) is 8. The highest BCUT2D eigenvalue weighted by Crippen LogP contribution is 2.25. The van der Waals surface area contributed by atoms with Crippen LogP contribution in [0.2, 0.25) is 5.02 Å². The molecule has 0 unspecified atom stereocenters. The molecule has 0 radical (unpaired) electrons. The van der Waals surface area contributed by atoms with Crippen LogP contribution < -0.4 is 10.7 Å². The number of benzene rings is 2. The third-order valence-corrected chi connectivity index (χ3v) is 4.55. The SMILES string of the molecule is O=C(N/N=C/c1cc(Cl)ccc1[N+](=O)[O-])C(=O)Nc1nnc(-c2ccccc2)s1. The van der Waals surface area contributed by atoms with E-state index >= 15 is 0 Å². The van der Waals surface area contributed by atoms with E-state index in [0.29, 0.717) is 5.01 Å². The second-order valence-electron chi connectivity index (χ2n) is 5.39. The summed E-state index contributed by atoms with van der Waals surface area (Å²) in [5.74, 6) is -2.10. The van der Waals surface area contributed by atoms with Crippen LogP contribution in [0.15, 0.2) is 53.6 Å². The van der Waals surface area contributed by atoms with Crippen molar-refractivity contribution in [3.63, 3.8) is 0 Å². The molecule has 2 amide bonds. The topological polar surface area (TPSA) is 139 Å². The molecule has 0 aliphatic rings. The molecule has 0 bridgehead atoms. The van der Waals surface area contributed by atoms with E-state index in [0.717, 1.165) is 23.1 Å². The second kappa shape index (κ2) is 8.99. The summed E-state index contributed by atoms with van der Waals surface area (Å²) in [4.78, 5) is 34.2. The van der Waals surface area contributed by atoms with E-state index in [1.165, 1.54) is 18.2 Å². The lowest BCUT2D eigenvalue weighted by molar-refractivity contribution is -0.385. The predicted octanol–water partition coefficient (Wildman–Crippen LogP) is 2.86. The zero-order chi connectivity index (χ0) is 20.8. The van der Waals surface area contributed by atoms with Crippen molar-refractivity contribution < 1.29 is 14.5 Å². The molecule has 3 rings (SSSR count). The minimum Gasteiger partial charge on any atom is -0.292 e. The van der Waals surface area contributed by atoms with Crippen molar-refractivity contribution in [3.05, 3.63) is 69.2 Å². The number of carbonyl (C=O) groups is 2. The van der Waals surface area contributed by atoms with Crippen LogP contribution in [0.3, 0.4) is 0 Å². The van der Waals surface area contributed by atoms with Crippen LogP contribution in [0.1, 0.15) is 5.56 Å². The first-order chi connectivity index (χ1) is 13.9. The fourth-order valence-electron chi connectivity index (χ4n) is 2.13. The number of rotatable bonds is 5. The van der Waals surface area contributed by atoms with Gasteiger partial charge in [-0.3, -0.25) is 25.0 Å². The van der Waals surface area contributed by atoms with Gasteiger partial charge in [-0.15, -0.1) is 10.2 Å². The molecule has 10 nitrogen and oxygen atoms in total. The fraction of sp³-hybridized carbons (Fsp3) is 0. The van der Waals surface area contributed by atoms with Crippen LogP contribution in [-0.4, -0.2) is 33.1 Å². The van der Waals surface area contributed by atoms with Gasteiger partial charge in [-0.05, 0) is 12.1 Å². The maximum absolute atomic E-state index is 11.9. The summed E-state index contributed by atoms with van der Waals surface area (Å²) >= 11 is 6.90. The molecular weight excluding hydrogens is 420 g/mol. The second-order valence-corrected chi connectivity index (χ2v) is 6.81. The average molecular weight is 431 g/mol. The Morgan fingerprint density at radius 3 is 2.62 bits per heavy atom. The summed E-state index contributed by atoms with van der Waals surface area (Å²) in [6.45, 7) is 0. The molecule has 0 saturated carbocycles. The number of aromatic nitrogens is 2. The Bertz CT molecular complexity index is 1100. The molecule has 1 aromatic heterocycles. The van der Waals surface area contributed by atoms with Gasteiger partial charge in [0.2, 0.25) is 5.13 Å². The van der Waals surface area contributed by atoms with Crippen molar-refractivity contribution in [2.45, 2.75) is 0 Å². The van der Waals surface area contributed by atoms with Gasteiger partial charge < -0.3 is 0 Å². The highest BCUT2D eigenvalue weighted by atomic mass is 35.5. The van der Waals surface area contributed by atoms with Gasteiger partial charge >= 0.3 is 11.8 Å². The summed E-state index contributed by atoms with van der Waals surface area (Å²) < 4.78 is 0. The number of nitro benzene ring substituents is 1. The highest BCUT2D eigenvalue weighted by molar-refractivity contribution is 7.18. The maximum Gasteiger partial charge on any atom is 0.329 e. The molecule has 2 aromatic carbocycles. The lowest BCUT2D eigenvalue weighted by Crippen LogP contribution is -2.32. The summed E-state index contributed by atoms with van der Waals surface area (Å²) in [6, 6.07) is 13.1. The van der Waals surface area contributed by atoms with Crippen LogP contribution in [0.25, 0.3) is 10.6 Å². The van der Waals surface area contributed by atoms with E-state index in [1.54, 1.807) is 0 Å². The lowest BCUT2D eigenvalue weighted by Gasteiger charge is -2.00. The van der Waals surface area contributed by atoms with Gasteiger partial charge in [-0.25, -0.2) is 5.43 Å². The van der Waals surface area contributed by atoms with E-state index in [1.807, 2.05) is 35.8 Å². The van der Waals surface area contributed by atoms with Crippen molar-refractivity contribution in [1.82, 2.24) is 15.6 Å². The zero-order valence-corrected chi connectivity index (χ0v) is 16.0. The molecule has 12 heteroatoms. The van der Waals surface area contributed by atoms with Crippen molar-refractivity contribution in [2.24, 2.45) is 5.10 Å². The van der Waals surface area contributed by atoms with E-state index in [2.05, 4.69) is 20.6 Å². The lowest BCUT2D eigenvalue weighted by atomic mass is 10.2. The van der Waals surface area contributed by atoms with Gasteiger partial charge in [0.1, 0.15) is 5.01 Å². The van der Waals surface area contributed by atoms with Crippen molar-refractivity contribution in [2.75, 3.05) is 5.32 Å². The standard InChI is InChI=1S/C17H11ClN6O4S/c18-12-6-7-13(24(27)28)11(8-12)9-19-21-15(26)14(25)20-17-23-22-16(29-17)10-4-2-1-3-5-10/h1-9H,(H,21,26)(H,20,23,25)/b19-9+. The summed E-state index contributed by atoms with van der Waals surface area (Å²) in [5, 5.41) is 25.6. The third kappa shape index (κ3) is 5.18. The largest absolute Gasteiger partial charge is 0.329 e. The van der Waals surface area contributed by atoms with Crippen LogP contribution in [0.4, 0.5) is 10.8 Å². The first-order valence-electron chi connectivity index (χ1n) is 7.91. The first kappa shape index (κ1) is 20.0. The molecule has 146 valence electrons. The Balaban J connectivity index is 1.61. The van der Waals surface area contributed by atoms with Crippen LogP contribution in [-0.2, 0) is 9.59 Å². The fourth-order valence-corrected chi connectivity index (χ4v) is 3.06. The van der Waals surface area contributed by atoms with Crippen molar-refractivity contribution in [3.8, 4) is 10.6 Å². The molecular formula is C17H11ClN6O4S. The molecule has 0 fully saturated rings. The predicted molar refractivity (Wildman–Crippen MR) is 108 cm³/mol. The molecule has 3 aromatic rings. The molecule has 2 N–H and O–H groups in total. The Labute approximate surface area is 172 Å². The van der Waals surface area contributed by atoms with E-state index in [-0.39, 0.29) is 21.4 Å². The number of nitro groups is 1. The normalized spacial score (nSPS) is 10.7. The van der Waals surface area contributed by atoms with Gasteiger partial charge in [0.25, 0.3) is 5.69 Å². The Hall–Kier alpha value is -3.70. The highest BCUT2D eigenvalue weighted by Gasteiger charge is 2.17. The minimum absolute atomic E-state index is 0.0693. The summed E-state index contributed by atoms with van der Waals surface area (Å²) in [6.07, 6.45) is 1.02. The van der Waals surface area contributed by atoms with Gasteiger partial charge in [0.05, 0.1) is 16.7 Å². The van der Waals surface area contributed by atoms with E-state index in [9.17, 15) is 19.7 Å². The Kier molecular flexibility index (Phi) is 6.22. The monoisotopic (exact) mass is 430 g/mol. The Morgan fingerprint density at radius 1 is 1.14 bits per heavy atom. The van der Waals surface area contributed by atoms with Gasteiger partial charge in [0.15, 0.2) is 0 Å². The number of nitrogens with one attached hydrogen (secondary N) is 2. The van der Waals surface area contributed by atoms with Crippen LogP contribution >= 0.6 is 22.9 Å². The van der Waals surface area contributed by atoms with Gasteiger partial charge in [-0.2, -0.15) is 5.10 Å². The van der Waals surface area contributed by atoms with E-state index < -0.39 is 16.7 Å². The van der Waals surface area contributed by atoms with Gasteiger partial charge in [0, 0.05) is 16.7 Å². The number of carbonyl (C=O) groups excluding carboxylic acids is 2. The summed E-state index contributed by atoms with van der Waals surface area (Å²) in [5.41, 5.74) is 2.62. The molecule has 0 saturated heterocycles. The summed E-state index contributed by atoms with van der Waals surface area (Å²) in [7, 11) is 0. The first-order valence-corrected chi connectivity index (χ1v) is 9.11. The van der Waals surface area contributed by atoms with Crippen LogP contribution in [0, 0.1) is 10.1 Å². The molecule has 0 aliphatic carbocycles. The third-order valence-electron chi connectivity index (χ3n) is 3.43. The number of amides is 2. The molecule has 0 atom stereocenters. The van der Waals surface area contributed by atoms with Crippen molar-refractivity contribution >= 4 is 51.8 Å². The number of hydrogen-bond donors (Lipinski definition) is 2. The minimum atomic E-state index is -1.08. The van der Waals surface area contributed by atoms with Crippen LogP contribution in [0.5, 0.6) is 0 Å². The van der Waals surface area contributed by atoms with Crippen molar-refractivity contribution in [1.29, 1.82) is 0 Å². The van der Waals surface area contributed by atoms with E-state index in [4.69, 9.17) is 11.6 Å². The number of anilines is 1. The maximum atomic E-state index is 11.9. The smallest absolute Gasteiger partial charge is 0.292 e. The number of halogens is 1. The molecule has 0 aliphatic heterocycles. The van der Waals surface area contributed by atoms with Gasteiger partial charge in [-0.1, -0.05) is 53.3 Å². The quantitative estimate of drug-likeness (QED) is 0.276.